The van der Waals surface area contributed by atoms with Crippen molar-refractivity contribution < 1.29 is 19.4 Å². The molecule has 1 amide bonds. The van der Waals surface area contributed by atoms with Gasteiger partial charge in [0.1, 0.15) is 0 Å². The molecule has 1 saturated heterocycles. The van der Waals surface area contributed by atoms with Gasteiger partial charge in [0.2, 0.25) is 0 Å². The van der Waals surface area contributed by atoms with Gasteiger partial charge in [-0.2, -0.15) is 0 Å². The summed E-state index contributed by atoms with van der Waals surface area (Å²) in [6.45, 7) is 0.776. The molecule has 2 atom stereocenters. The van der Waals surface area contributed by atoms with E-state index in [2.05, 4.69) is 0 Å². The summed E-state index contributed by atoms with van der Waals surface area (Å²) in [4.78, 5) is 25.7. The molecule has 2 unspecified atom stereocenters. The highest BCUT2D eigenvalue weighted by molar-refractivity contribution is 5.85. The predicted octanol–water partition coefficient (Wildman–Crippen LogP) is 3.04. The molecule has 1 aromatic carbocycles. The lowest BCUT2D eigenvalue weighted by Gasteiger charge is -2.26. The van der Waals surface area contributed by atoms with Gasteiger partial charge >= 0.3 is 5.97 Å². The van der Waals surface area contributed by atoms with Gasteiger partial charge in [0.25, 0.3) is 5.91 Å². The number of carbonyl (C=O) groups is 2. The van der Waals surface area contributed by atoms with Gasteiger partial charge in [-0.15, -0.1) is 12.4 Å². The van der Waals surface area contributed by atoms with Crippen LogP contribution in [0.1, 0.15) is 43.8 Å². The fourth-order valence-corrected chi connectivity index (χ4v) is 3.45. The molecule has 0 bridgehead atoms. The third-order valence-corrected chi connectivity index (χ3v) is 4.81. The van der Waals surface area contributed by atoms with E-state index in [0.29, 0.717) is 13.0 Å². The number of likely N-dealkylation sites (tertiary alicyclic amines) is 1. The highest BCUT2D eigenvalue weighted by atomic mass is 35.5. The fraction of sp³-hybridized carbons (Fsp3) is 0.556. The van der Waals surface area contributed by atoms with Crippen molar-refractivity contribution >= 4 is 24.3 Å². The van der Waals surface area contributed by atoms with Gasteiger partial charge in [0.05, 0.1) is 12.0 Å². The van der Waals surface area contributed by atoms with Crippen molar-refractivity contribution in [2.45, 2.75) is 44.3 Å². The molecule has 6 heteroatoms. The summed E-state index contributed by atoms with van der Waals surface area (Å²) in [6, 6.07) is 9.52. The molecule has 1 N–H and O–H groups in total. The average Bonchev–Trinajstić information content (AvgIpc) is 3.24. The minimum absolute atomic E-state index is 0. The number of amides is 1. The number of ether oxygens (including phenoxy) is 1. The predicted molar refractivity (Wildman–Crippen MR) is 92.1 cm³/mol. The zero-order valence-corrected chi connectivity index (χ0v) is 14.4. The quantitative estimate of drug-likeness (QED) is 0.883. The Hall–Kier alpha value is -1.59. The first kappa shape index (κ1) is 18.7. The van der Waals surface area contributed by atoms with E-state index in [9.17, 15) is 9.59 Å². The number of carboxylic acids is 1. The van der Waals surface area contributed by atoms with Crippen LogP contribution in [0.2, 0.25) is 0 Å². The molecule has 1 aromatic rings. The summed E-state index contributed by atoms with van der Waals surface area (Å²) in [5.41, 5.74) is 0.850. The molecule has 1 aliphatic heterocycles. The first-order valence-electron chi connectivity index (χ1n) is 8.37. The van der Waals surface area contributed by atoms with Crippen molar-refractivity contribution in [2.75, 3.05) is 13.1 Å². The Morgan fingerprint density at radius 2 is 1.79 bits per heavy atom. The molecule has 0 aromatic heterocycles. The minimum Gasteiger partial charge on any atom is -0.481 e. The average molecular weight is 354 g/mol. The number of rotatable bonds is 5. The number of halogens is 1. The molecule has 0 radical (unpaired) electrons. The van der Waals surface area contributed by atoms with Gasteiger partial charge in [-0.05, 0) is 24.8 Å². The molecule has 1 saturated carbocycles. The Morgan fingerprint density at radius 3 is 2.38 bits per heavy atom. The van der Waals surface area contributed by atoms with Crippen molar-refractivity contribution in [1.29, 1.82) is 0 Å². The second kappa shape index (κ2) is 8.49. The molecule has 5 nitrogen and oxygen atoms in total. The van der Waals surface area contributed by atoms with Crippen LogP contribution < -0.4 is 0 Å². The van der Waals surface area contributed by atoms with Crippen LogP contribution in [-0.4, -0.2) is 41.1 Å². The Bertz CT molecular complexity index is 559. The molecule has 1 heterocycles. The van der Waals surface area contributed by atoms with Gasteiger partial charge < -0.3 is 14.7 Å². The normalized spacial score (nSPS) is 22.2. The third-order valence-electron chi connectivity index (χ3n) is 4.81. The molecule has 0 spiro atoms. The number of carbonyl (C=O) groups excluding carboxylic acids is 1. The summed E-state index contributed by atoms with van der Waals surface area (Å²) >= 11 is 0. The molecule has 2 aliphatic rings. The Morgan fingerprint density at radius 1 is 1.12 bits per heavy atom. The highest BCUT2D eigenvalue weighted by Gasteiger charge is 2.36. The van der Waals surface area contributed by atoms with E-state index in [4.69, 9.17) is 9.84 Å². The lowest BCUT2D eigenvalue weighted by atomic mass is 10.1. The highest BCUT2D eigenvalue weighted by Crippen LogP contribution is 2.30. The molecule has 3 rings (SSSR count). The van der Waals surface area contributed by atoms with E-state index in [1.165, 1.54) is 0 Å². The Balaban J connectivity index is 0.00000208. The molecule has 1 aliphatic carbocycles. The van der Waals surface area contributed by atoms with Crippen LogP contribution >= 0.6 is 12.4 Å². The van der Waals surface area contributed by atoms with Crippen molar-refractivity contribution in [1.82, 2.24) is 4.90 Å². The fourth-order valence-electron chi connectivity index (χ4n) is 3.45. The largest absolute Gasteiger partial charge is 0.481 e. The van der Waals surface area contributed by atoms with Crippen LogP contribution in [0.5, 0.6) is 0 Å². The van der Waals surface area contributed by atoms with Gasteiger partial charge in [-0.3, -0.25) is 9.59 Å². The monoisotopic (exact) mass is 353 g/mol. The lowest BCUT2D eigenvalue weighted by molar-refractivity contribution is -0.148. The van der Waals surface area contributed by atoms with Gasteiger partial charge in [0, 0.05) is 13.1 Å². The van der Waals surface area contributed by atoms with Crippen LogP contribution in [0.15, 0.2) is 30.3 Å². The van der Waals surface area contributed by atoms with Crippen LogP contribution in [0, 0.1) is 5.92 Å². The summed E-state index contributed by atoms with van der Waals surface area (Å²) in [6.07, 6.45) is 4.30. The van der Waals surface area contributed by atoms with Gasteiger partial charge in [-0.25, -0.2) is 0 Å². The standard InChI is InChI=1S/C18H23NO4.ClH/c20-17(19-11-10-14(12-19)18(21)22)16(13-6-2-1-3-7-13)23-15-8-4-5-9-15;/h1-3,6-7,14-16H,4-5,8-12H2,(H,21,22);1H. The third kappa shape index (κ3) is 4.28. The summed E-state index contributed by atoms with van der Waals surface area (Å²) < 4.78 is 6.13. The topological polar surface area (TPSA) is 66.8 Å². The summed E-state index contributed by atoms with van der Waals surface area (Å²) in [5, 5.41) is 9.13. The number of hydrogen-bond acceptors (Lipinski definition) is 3. The Kier molecular flexibility index (Phi) is 6.63. The number of aliphatic carboxylic acids is 1. The van der Waals surface area contributed by atoms with Crippen LogP contribution in [0.4, 0.5) is 0 Å². The molecule has 24 heavy (non-hydrogen) atoms. The van der Waals surface area contributed by atoms with Crippen molar-refractivity contribution in [3.05, 3.63) is 35.9 Å². The van der Waals surface area contributed by atoms with E-state index in [-0.39, 0.29) is 31.0 Å². The van der Waals surface area contributed by atoms with Crippen molar-refractivity contribution in [3.8, 4) is 0 Å². The number of nitrogens with zero attached hydrogens (tertiary/aromatic N) is 1. The van der Waals surface area contributed by atoms with Crippen LogP contribution in [-0.2, 0) is 14.3 Å². The van der Waals surface area contributed by atoms with Crippen LogP contribution in [0.25, 0.3) is 0 Å². The maximum absolute atomic E-state index is 12.9. The maximum atomic E-state index is 12.9. The van der Waals surface area contributed by atoms with E-state index >= 15 is 0 Å². The molecular formula is C18H24ClNO4. The summed E-state index contributed by atoms with van der Waals surface area (Å²) in [5.74, 6) is -1.39. The minimum atomic E-state index is -0.826. The number of benzene rings is 1. The molecular weight excluding hydrogens is 330 g/mol. The second-order valence-electron chi connectivity index (χ2n) is 6.44. The van der Waals surface area contributed by atoms with Gasteiger partial charge in [0.15, 0.2) is 6.10 Å². The van der Waals surface area contributed by atoms with E-state index < -0.39 is 18.0 Å². The Labute approximate surface area is 148 Å². The smallest absolute Gasteiger partial charge is 0.308 e. The van der Waals surface area contributed by atoms with E-state index in [1.807, 2.05) is 30.3 Å². The zero-order valence-electron chi connectivity index (χ0n) is 13.6. The summed E-state index contributed by atoms with van der Waals surface area (Å²) in [7, 11) is 0. The number of hydrogen-bond donors (Lipinski definition) is 1. The van der Waals surface area contributed by atoms with Crippen molar-refractivity contribution in [3.63, 3.8) is 0 Å². The van der Waals surface area contributed by atoms with E-state index in [1.54, 1.807) is 4.90 Å². The van der Waals surface area contributed by atoms with E-state index in [0.717, 1.165) is 31.2 Å². The SMILES string of the molecule is Cl.O=C(O)C1CCN(C(=O)C(OC2CCCC2)c2ccccc2)C1. The molecule has 132 valence electrons. The second-order valence-corrected chi connectivity index (χ2v) is 6.44. The van der Waals surface area contributed by atoms with Crippen molar-refractivity contribution in [2.24, 2.45) is 5.92 Å². The first-order chi connectivity index (χ1) is 11.1. The lowest BCUT2D eigenvalue weighted by Crippen LogP contribution is -2.36. The first-order valence-corrected chi connectivity index (χ1v) is 8.37. The van der Waals surface area contributed by atoms with Gasteiger partial charge in [-0.1, -0.05) is 43.2 Å². The maximum Gasteiger partial charge on any atom is 0.308 e. The van der Waals surface area contributed by atoms with Crippen LogP contribution in [0.3, 0.4) is 0 Å². The molecule has 2 fully saturated rings. The zero-order chi connectivity index (χ0) is 16.2. The number of carboxylic acid groups (broad SMARTS) is 1.